The van der Waals surface area contributed by atoms with Crippen molar-refractivity contribution in [3.05, 3.63) is 24.2 Å². The van der Waals surface area contributed by atoms with Gasteiger partial charge in [0, 0.05) is 6.54 Å². The number of carbonyl (C=O) groups is 4. The highest BCUT2D eigenvalue weighted by Crippen LogP contribution is 2.28. The lowest BCUT2D eigenvalue weighted by atomic mass is 9.99. The van der Waals surface area contributed by atoms with E-state index in [1.54, 1.807) is 12.1 Å². The molecule has 2 rings (SSSR count). The minimum Gasteiger partial charge on any atom is -0.466 e. The summed E-state index contributed by atoms with van der Waals surface area (Å²) in [5.41, 5.74) is -1.37. The average Bonchev–Trinajstić information content (AvgIpc) is 3.10. The van der Waals surface area contributed by atoms with Crippen molar-refractivity contribution in [1.29, 1.82) is 0 Å². The normalized spacial score (nSPS) is 20.2. The Morgan fingerprint density at radius 3 is 2.67 bits per heavy atom. The molecule has 24 heavy (non-hydrogen) atoms. The van der Waals surface area contributed by atoms with Gasteiger partial charge >= 0.3 is 12.1 Å². The predicted octanol–water partition coefficient (Wildman–Crippen LogP) is 0.528. The summed E-state index contributed by atoms with van der Waals surface area (Å²) in [6, 6.07) is 1.75. The lowest BCUT2D eigenvalue weighted by Crippen LogP contribution is -2.47. The highest BCUT2D eigenvalue weighted by Gasteiger charge is 2.51. The molecule has 1 saturated heterocycles. The molecule has 1 aromatic rings. The van der Waals surface area contributed by atoms with E-state index in [1.807, 2.05) is 13.8 Å². The summed E-state index contributed by atoms with van der Waals surface area (Å²) in [6.45, 7) is 5.14. The van der Waals surface area contributed by atoms with Gasteiger partial charge in [-0.2, -0.15) is 0 Å². The highest BCUT2D eigenvalue weighted by molar-refractivity contribution is 6.09. The van der Waals surface area contributed by atoms with Gasteiger partial charge < -0.3 is 15.1 Å². The van der Waals surface area contributed by atoms with Crippen LogP contribution in [0.25, 0.3) is 0 Å². The van der Waals surface area contributed by atoms with Gasteiger partial charge in [0.25, 0.3) is 5.91 Å². The van der Waals surface area contributed by atoms with E-state index in [4.69, 9.17) is 4.42 Å². The third-order valence-electron chi connectivity index (χ3n) is 3.51. The standard InChI is InChI=1S/C15H20N4O5/c1-9(2)7-16-13(22)17-11(20)8-19-12(21)15(3,18-14(19)23)10-5-4-6-24-10/h4-6,9H,7-8H2,1-3H3,(H,18,23)(H2,16,17,20,22). The van der Waals surface area contributed by atoms with E-state index < -0.39 is 36.0 Å². The summed E-state index contributed by atoms with van der Waals surface area (Å²) < 4.78 is 5.18. The van der Waals surface area contributed by atoms with E-state index in [0.717, 1.165) is 4.90 Å². The van der Waals surface area contributed by atoms with E-state index in [-0.39, 0.29) is 11.7 Å². The number of imide groups is 2. The molecular formula is C15H20N4O5. The van der Waals surface area contributed by atoms with Gasteiger partial charge in [0.1, 0.15) is 12.3 Å². The van der Waals surface area contributed by atoms with Crippen LogP contribution in [0.2, 0.25) is 0 Å². The lowest BCUT2D eigenvalue weighted by molar-refractivity contribution is -0.135. The van der Waals surface area contributed by atoms with Crippen LogP contribution in [0, 0.1) is 5.92 Å². The van der Waals surface area contributed by atoms with Crippen LogP contribution in [0.1, 0.15) is 26.5 Å². The highest BCUT2D eigenvalue weighted by atomic mass is 16.3. The number of carbonyl (C=O) groups excluding carboxylic acids is 4. The number of rotatable bonds is 5. The number of amides is 6. The second-order valence-electron chi connectivity index (χ2n) is 6.08. The second-order valence-corrected chi connectivity index (χ2v) is 6.08. The number of furan rings is 1. The predicted molar refractivity (Wildman–Crippen MR) is 82.7 cm³/mol. The van der Waals surface area contributed by atoms with E-state index in [0.29, 0.717) is 6.54 Å². The Morgan fingerprint density at radius 1 is 1.38 bits per heavy atom. The van der Waals surface area contributed by atoms with Crippen molar-refractivity contribution in [3.63, 3.8) is 0 Å². The van der Waals surface area contributed by atoms with Gasteiger partial charge in [-0.1, -0.05) is 13.8 Å². The van der Waals surface area contributed by atoms with E-state index in [1.165, 1.54) is 13.2 Å². The number of urea groups is 2. The third-order valence-corrected chi connectivity index (χ3v) is 3.51. The SMILES string of the molecule is CC(C)CNC(=O)NC(=O)CN1C(=O)NC(C)(c2ccco2)C1=O. The van der Waals surface area contributed by atoms with Gasteiger partial charge in [0.15, 0.2) is 5.54 Å². The summed E-state index contributed by atoms with van der Waals surface area (Å²) in [5.74, 6) is -0.895. The molecule has 1 fully saturated rings. The van der Waals surface area contributed by atoms with E-state index >= 15 is 0 Å². The molecule has 130 valence electrons. The molecule has 0 aromatic carbocycles. The quantitative estimate of drug-likeness (QED) is 0.677. The fourth-order valence-electron chi connectivity index (χ4n) is 2.22. The average molecular weight is 336 g/mol. The zero-order chi connectivity index (χ0) is 17.9. The lowest BCUT2D eigenvalue weighted by Gasteiger charge is -2.18. The van der Waals surface area contributed by atoms with Gasteiger partial charge in [0.05, 0.1) is 6.26 Å². The van der Waals surface area contributed by atoms with Crippen LogP contribution in [0.4, 0.5) is 9.59 Å². The zero-order valence-corrected chi connectivity index (χ0v) is 13.7. The molecule has 9 heteroatoms. The Kier molecular flexibility index (Phi) is 4.91. The maximum atomic E-state index is 12.5. The van der Waals surface area contributed by atoms with Crippen LogP contribution >= 0.6 is 0 Å². The van der Waals surface area contributed by atoms with Gasteiger partial charge in [0.2, 0.25) is 5.91 Å². The first-order valence-electron chi connectivity index (χ1n) is 7.50. The Balaban J connectivity index is 1.97. The van der Waals surface area contributed by atoms with Crippen LogP contribution in [0.15, 0.2) is 22.8 Å². The molecule has 1 unspecified atom stereocenters. The van der Waals surface area contributed by atoms with Gasteiger partial charge in [-0.15, -0.1) is 0 Å². The van der Waals surface area contributed by atoms with Crippen LogP contribution in [-0.2, 0) is 15.1 Å². The van der Waals surface area contributed by atoms with Crippen molar-refractivity contribution in [1.82, 2.24) is 20.9 Å². The van der Waals surface area contributed by atoms with Crippen molar-refractivity contribution in [2.45, 2.75) is 26.3 Å². The number of hydrogen-bond donors (Lipinski definition) is 3. The van der Waals surface area contributed by atoms with Crippen molar-refractivity contribution in [3.8, 4) is 0 Å². The first kappa shape index (κ1) is 17.5. The molecule has 0 aliphatic carbocycles. The largest absolute Gasteiger partial charge is 0.466 e. The molecule has 2 heterocycles. The Morgan fingerprint density at radius 2 is 2.08 bits per heavy atom. The molecular weight excluding hydrogens is 316 g/mol. The van der Waals surface area contributed by atoms with Crippen molar-refractivity contribution in [2.24, 2.45) is 5.92 Å². The Bertz CT molecular complexity index is 655. The number of hydrogen-bond acceptors (Lipinski definition) is 5. The molecule has 0 spiro atoms. The fourth-order valence-corrected chi connectivity index (χ4v) is 2.22. The molecule has 0 radical (unpaired) electrons. The first-order valence-corrected chi connectivity index (χ1v) is 7.50. The van der Waals surface area contributed by atoms with Crippen molar-refractivity contribution < 1.29 is 23.6 Å². The monoisotopic (exact) mass is 336 g/mol. The third kappa shape index (κ3) is 3.55. The summed E-state index contributed by atoms with van der Waals surface area (Å²) in [7, 11) is 0. The van der Waals surface area contributed by atoms with Gasteiger partial charge in [-0.05, 0) is 25.0 Å². The summed E-state index contributed by atoms with van der Waals surface area (Å²) in [6.07, 6.45) is 1.38. The molecule has 1 aliphatic heterocycles. The molecule has 1 atom stereocenters. The van der Waals surface area contributed by atoms with Gasteiger partial charge in [-0.3, -0.25) is 19.8 Å². The molecule has 9 nitrogen and oxygen atoms in total. The van der Waals surface area contributed by atoms with Crippen LogP contribution in [0.5, 0.6) is 0 Å². The van der Waals surface area contributed by atoms with Crippen LogP contribution < -0.4 is 16.0 Å². The zero-order valence-electron chi connectivity index (χ0n) is 13.7. The Labute approximate surface area is 138 Å². The number of nitrogens with one attached hydrogen (secondary N) is 3. The second kappa shape index (κ2) is 6.73. The van der Waals surface area contributed by atoms with Crippen molar-refractivity contribution >= 4 is 23.9 Å². The smallest absolute Gasteiger partial charge is 0.325 e. The van der Waals surface area contributed by atoms with Crippen LogP contribution in [0.3, 0.4) is 0 Å². The van der Waals surface area contributed by atoms with E-state index in [9.17, 15) is 19.2 Å². The molecule has 0 bridgehead atoms. The minimum atomic E-state index is -1.37. The topological polar surface area (TPSA) is 121 Å². The Hall–Kier alpha value is -2.84. The fraction of sp³-hybridized carbons (Fsp3) is 0.467. The maximum Gasteiger partial charge on any atom is 0.325 e. The summed E-state index contributed by atoms with van der Waals surface area (Å²) >= 11 is 0. The van der Waals surface area contributed by atoms with Crippen LogP contribution in [-0.4, -0.2) is 41.9 Å². The summed E-state index contributed by atoms with van der Waals surface area (Å²) in [4.78, 5) is 48.6. The maximum absolute atomic E-state index is 12.5. The number of nitrogens with zero attached hydrogens (tertiary/aromatic N) is 1. The first-order chi connectivity index (χ1) is 11.2. The van der Waals surface area contributed by atoms with Gasteiger partial charge in [-0.25, -0.2) is 9.59 Å². The molecule has 1 aliphatic rings. The molecule has 1 aromatic heterocycles. The summed E-state index contributed by atoms with van der Waals surface area (Å²) in [5, 5.41) is 7.08. The molecule has 3 N–H and O–H groups in total. The molecule has 0 saturated carbocycles. The van der Waals surface area contributed by atoms with E-state index in [2.05, 4.69) is 16.0 Å². The van der Waals surface area contributed by atoms with Crippen molar-refractivity contribution in [2.75, 3.05) is 13.1 Å². The minimum absolute atomic E-state index is 0.228. The molecule has 6 amide bonds.